The highest BCUT2D eigenvalue weighted by atomic mass is 79.9. The normalized spacial score (nSPS) is 11.8. The number of rotatable bonds is 5. The summed E-state index contributed by atoms with van der Waals surface area (Å²) in [6, 6.07) is 13.5. The van der Waals surface area contributed by atoms with Gasteiger partial charge in [-0.05, 0) is 60.0 Å². The van der Waals surface area contributed by atoms with Crippen LogP contribution in [0.3, 0.4) is 0 Å². The van der Waals surface area contributed by atoms with Crippen molar-refractivity contribution in [3.8, 4) is 5.75 Å². The molecule has 0 heterocycles. The molecule has 0 saturated carbocycles. The maximum Gasteiger partial charge on any atom is 0.265 e. The van der Waals surface area contributed by atoms with E-state index in [1.807, 2.05) is 63.2 Å². The number of carbonyl (C=O) groups excluding carboxylic acids is 1. The van der Waals surface area contributed by atoms with Gasteiger partial charge in [-0.2, -0.15) is 0 Å². The Morgan fingerprint density at radius 2 is 1.95 bits per heavy atom. The second-order valence-electron chi connectivity index (χ2n) is 5.25. The standard InChI is InChI=1S/C18H20BrNO2/c1-4-16(22-17-10-9-12(2)11-13(17)3)18(21)20-15-8-6-5-7-14(15)19/h5-11,16H,4H2,1-3H3,(H,20,21). The van der Waals surface area contributed by atoms with Crippen LogP contribution in [0.1, 0.15) is 24.5 Å². The molecule has 0 aliphatic heterocycles. The molecule has 22 heavy (non-hydrogen) atoms. The van der Waals surface area contributed by atoms with Crippen LogP contribution in [-0.2, 0) is 4.79 Å². The number of hydrogen-bond acceptors (Lipinski definition) is 2. The van der Waals surface area contributed by atoms with Crippen LogP contribution in [0.5, 0.6) is 5.75 Å². The topological polar surface area (TPSA) is 38.3 Å². The van der Waals surface area contributed by atoms with Gasteiger partial charge in [0.25, 0.3) is 5.91 Å². The van der Waals surface area contributed by atoms with E-state index >= 15 is 0 Å². The number of aryl methyl sites for hydroxylation is 2. The predicted octanol–water partition coefficient (Wildman–Crippen LogP) is 4.86. The van der Waals surface area contributed by atoms with Crippen molar-refractivity contribution in [2.45, 2.75) is 33.3 Å². The molecule has 0 spiro atoms. The van der Waals surface area contributed by atoms with Gasteiger partial charge in [0.1, 0.15) is 5.75 Å². The zero-order valence-corrected chi connectivity index (χ0v) is 14.6. The second kappa shape index (κ2) is 7.45. The third kappa shape index (κ3) is 4.10. The van der Waals surface area contributed by atoms with Crippen LogP contribution in [0, 0.1) is 13.8 Å². The SMILES string of the molecule is CCC(Oc1ccc(C)cc1C)C(=O)Nc1ccccc1Br. The number of nitrogens with one attached hydrogen (secondary N) is 1. The number of benzene rings is 2. The average molecular weight is 362 g/mol. The molecule has 1 unspecified atom stereocenters. The molecule has 2 aromatic rings. The van der Waals surface area contributed by atoms with Gasteiger partial charge < -0.3 is 10.1 Å². The summed E-state index contributed by atoms with van der Waals surface area (Å²) >= 11 is 3.43. The van der Waals surface area contributed by atoms with E-state index in [1.165, 1.54) is 5.56 Å². The summed E-state index contributed by atoms with van der Waals surface area (Å²) in [5.41, 5.74) is 2.96. The fourth-order valence-electron chi connectivity index (χ4n) is 2.18. The highest BCUT2D eigenvalue weighted by Crippen LogP contribution is 2.24. The molecule has 0 radical (unpaired) electrons. The van der Waals surface area contributed by atoms with Crippen molar-refractivity contribution in [3.63, 3.8) is 0 Å². The van der Waals surface area contributed by atoms with Crippen molar-refractivity contribution < 1.29 is 9.53 Å². The first kappa shape index (κ1) is 16.6. The summed E-state index contributed by atoms with van der Waals surface area (Å²) in [6.07, 6.45) is 0.0809. The summed E-state index contributed by atoms with van der Waals surface area (Å²) in [5.74, 6) is 0.606. The summed E-state index contributed by atoms with van der Waals surface area (Å²) in [5, 5.41) is 2.90. The molecule has 2 rings (SSSR count). The Bertz CT molecular complexity index is 670. The Hall–Kier alpha value is -1.81. The van der Waals surface area contributed by atoms with Gasteiger partial charge in [-0.25, -0.2) is 0 Å². The number of ether oxygens (including phenoxy) is 1. The number of amides is 1. The van der Waals surface area contributed by atoms with E-state index < -0.39 is 6.10 Å². The molecule has 1 amide bonds. The molecule has 4 heteroatoms. The van der Waals surface area contributed by atoms with E-state index in [4.69, 9.17) is 4.74 Å². The highest BCUT2D eigenvalue weighted by molar-refractivity contribution is 9.10. The lowest BCUT2D eigenvalue weighted by atomic mass is 10.1. The zero-order chi connectivity index (χ0) is 16.1. The van der Waals surface area contributed by atoms with Gasteiger partial charge in [-0.1, -0.05) is 36.8 Å². The van der Waals surface area contributed by atoms with Crippen molar-refractivity contribution in [2.75, 3.05) is 5.32 Å². The van der Waals surface area contributed by atoms with Crippen LogP contribution in [0.4, 0.5) is 5.69 Å². The lowest BCUT2D eigenvalue weighted by molar-refractivity contribution is -0.122. The molecule has 2 aromatic carbocycles. The van der Waals surface area contributed by atoms with Gasteiger partial charge in [0.15, 0.2) is 6.10 Å². The van der Waals surface area contributed by atoms with Crippen LogP contribution >= 0.6 is 15.9 Å². The minimum atomic E-state index is -0.520. The molecular formula is C18H20BrNO2. The molecule has 1 N–H and O–H groups in total. The van der Waals surface area contributed by atoms with Crippen LogP contribution in [0.25, 0.3) is 0 Å². The first-order chi connectivity index (χ1) is 10.5. The lowest BCUT2D eigenvalue weighted by Gasteiger charge is -2.19. The summed E-state index contributed by atoms with van der Waals surface area (Å²) in [7, 11) is 0. The summed E-state index contributed by atoms with van der Waals surface area (Å²) in [4.78, 5) is 12.4. The Kier molecular flexibility index (Phi) is 5.61. The van der Waals surface area contributed by atoms with Gasteiger partial charge in [-0.15, -0.1) is 0 Å². The van der Waals surface area contributed by atoms with Gasteiger partial charge in [0.05, 0.1) is 5.69 Å². The van der Waals surface area contributed by atoms with Crippen LogP contribution in [-0.4, -0.2) is 12.0 Å². The van der Waals surface area contributed by atoms with Crippen LogP contribution in [0.15, 0.2) is 46.9 Å². The van der Waals surface area contributed by atoms with Crippen molar-refractivity contribution in [2.24, 2.45) is 0 Å². The van der Waals surface area contributed by atoms with E-state index in [9.17, 15) is 4.79 Å². The van der Waals surface area contributed by atoms with E-state index in [0.717, 1.165) is 21.5 Å². The van der Waals surface area contributed by atoms with Crippen molar-refractivity contribution in [3.05, 3.63) is 58.1 Å². The minimum Gasteiger partial charge on any atom is -0.480 e. The number of carbonyl (C=O) groups is 1. The third-order valence-electron chi connectivity index (χ3n) is 3.39. The van der Waals surface area contributed by atoms with E-state index in [1.54, 1.807) is 0 Å². The quantitative estimate of drug-likeness (QED) is 0.825. The Labute approximate surface area is 139 Å². The molecular weight excluding hydrogens is 342 g/mol. The first-order valence-corrected chi connectivity index (χ1v) is 8.10. The number of halogens is 1. The maximum absolute atomic E-state index is 12.4. The molecule has 3 nitrogen and oxygen atoms in total. The van der Waals surface area contributed by atoms with Crippen LogP contribution < -0.4 is 10.1 Å². The molecule has 0 fully saturated rings. The summed E-state index contributed by atoms with van der Waals surface area (Å²) in [6.45, 7) is 5.96. The Morgan fingerprint density at radius 3 is 2.59 bits per heavy atom. The number of hydrogen-bond donors (Lipinski definition) is 1. The molecule has 0 saturated heterocycles. The third-order valence-corrected chi connectivity index (χ3v) is 4.09. The first-order valence-electron chi connectivity index (χ1n) is 7.30. The lowest BCUT2D eigenvalue weighted by Crippen LogP contribution is -2.32. The molecule has 0 aromatic heterocycles. The maximum atomic E-state index is 12.4. The van der Waals surface area contributed by atoms with E-state index in [-0.39, 0.29) is 5.91 Å². The number of para-hydroxylation sites is 1. The highest BCUT2D eigenvalue weighted by Gasteiger charge is 2.20. The molecule has 116 valence electrons. The van der Waals surface area contributed by atoms with Gasteiger partial charge in [0, 0.05) is 4.47 Å². The van der Waals surface area contributed by atoms with E-state index in [2.05, 4.69) is 21.2 Å². The minimum absolute atomic E-state index is 0.144. The fraction of sp³-hybridized carbons (Fsp3) is 0.278. The monoisotopic (exact) mass is 361 g/mol. The Balaban J connectivity index is 2.11. The average Bonchev–Trinajstić information content (AvgIpc) is 2.49. The fourth-order valence-corrected chi connectivity index (χ4v) is 2.57. The van der Waals surface area contributed by atoms with Gasteiger partial charge >= 0.3 is 0 Å². The van der Waals surface area contributed by atoms with Gasteiger partial charge in [0.2, 0.25) is 0 Å². The van der Waals surface area contributed by atoms with Crippen molar-refractivity contribution in [1.82, 2.24) is 0 Å². The van der Waals surface area contributed by atoms with Crippen molar-refractivity contribution in [1.29, 1.82) is 0 Å². The number of anilines is 1. The molecule has 1 atom stereocenters. The predicted molar refractivity (Wildman–Crippen MR) is 93.4 cm³/mol. The zero-order valence-electron chi connectivity index (χ0n) is 13.0. The largest absolute Gasteiger partial charge is 0.480 e. The van der Waals surface area contributed by atoms with Crippen LogP contribution in [0.2, 0.25) is 0 Å². The van der Waals surface area contributed by atoms with Gasteiger partial charge in [-0.3, -0.25) is 4.79 Å². The summed E-state index contributed by atoms with van der Waals surface area (Å²) < 4.78 is 6.75. The van der Waals surface area contributed by atoms with Crippen molar-refractivity contribution >= 4 is 27.5 Å². The van der Waals surface area contributed by atoms with E-state index in [0.29, 0.717) is 6.42 Å². The molecule has 0 aliphatic carbocycles. The molecule has 0 aliphatic rings. The molecule has 0 bridgehead atoms. The smallest absolute Gasteiger partial charge is 0.265 e. The second-order valence-corrected chi connectivity index (χ2v) is 6.11. The Morgan fingerprint density at radius 1 is 1.23 bits per heavy atom.